The van der Waals surface area contributed by atoms with E-state index in [0.717, 1.165) is 37.1 Å². The molecule has 1 N–H and O–H groups in total. The number of nitrogens with one attached hydrogen (secondary N) is 1. The molecule has 2 rings (SSSR count). The SMILES string of the molecule is CCNC(=NCC(c1ccco1)N(C)C)N1CCSC(C)(C)C1.I. The van der Waals surface area contributed by atoms with Gasteiger partial charge in [0.05, 0.1) is 18.8 Å². The third-order valence-electron chi connectivity index (χ3n) is 3.97. The quantitative estimate of drug-likeness (QED) is 0.410. The van der Waals surface area contributed by atoms with E-state index in [1.807, 2.05) is 23.9 Å². The lowest BCUT2D eigenvalue weighted by molar-refractivity contribution is 0.263. The van der Waals surface area contributed by atoms with E-state index in [2.05, 4.69) is 50.0 Å². The van der Waals surface area contributed by atoms with Crippen LogP contribution < -0.4 is 5.32 Å². The molecule has 0 aliphatic carbocycles. The molecule has 0 radical (unpaired) electrons. The van der Waals surface area contributed by atoms with Crippen molar-refractivity contribution in [1.29, 1.82) is 0 Å². The van der Waals surface area contributed by atoms with Gasteiger partial charge in [-0.15, -0.1) is 24.0 Å². The van der Waals surface area contributed by atoms with Crippen LogP contribution in [0.15, 0.2) is 27.8 Å². The van der Waals surface area contributed by atoms with E-state index in [1.165, 1.54) is 0 Å². The van der Waals surface area contributed by atoms with Crippen LogP contribution in [-0.4, -0.2) is 66.5 Å². The van der Waals surface area contributed by atoms with Gasteiger partial charge in [-0.2, -0.15) is 11.8 Å². The highest BCUT2D eigenvalue weighted by Crippen LogP contribution is 2.29. The third kappa shape index (κ3) is 6.15. The van der Waals surface area contributed by atoms with Crippen molar-refractivity contribution in [3.05, 3.63) is 24.2 Å². The zero-order chi connectivity index (χ0) is 16.9. The van der Waals surface area contributed by atoms with E-state index in [-0.39, 0.29) is 34.8 Å². The van der Waals surface area contributed by atoms with Crippen LogP contribution in [0.2, 0.25) is 0 Å². The molecule has 1 fully saturated rings. The Labute approximate surface area is 167 Å². The van der Waals surface area contributed by atoms with Gasteiger partial charge in [0.1, 0.15) is 5.76 Å². The average molecular weight is 466 g/mol. The number of aliphatic imine (C=N–C) groups is 1. The molecule has 24 heavy (non-hydrogen) atoms. The predicted octanol–water partition coefficient (Wildman–Crippen LogP) is 3.29. The first-order chi connectivity index (χ1) is 10.9. The van der Waals surface area contributed by atoms with E-state index < -0.39 is 0 Å². The molecule has 0 amide bonds. The molecule has 0 aromatic carbocycles. The molecular weight excluding hydrogens is 435 g/mol. The number of nitrogens with zero attached hydrogens (tertiary/aromatic N) is 3. The summed E-state index contributed by atoms with van der Waals surface area (Å²) in [4.78, 5) is 9.44. The van der Waals surface area contributed by atoms with Crippen molar-refractivity contribution in [2.45, 2.75) is 31.6 Å². The van der Waals surface area contributed by atoms with E-state index in [1.54, 1.807) is 6.26 Å². The van der Waals surface area contributed by atoms with E-state index in [4.69, 9.17) is 9.41 Å². The third-order valence-corrected chi connectivity index (χ3v) is 5.27. The molecule has 1 aliphatic heterocycles. The largest absolute Gasteiger partial charge is 0.468 e. The minimum Gasteiger partial charge on any atom is -0.468 e. The van der Waals surface area contributed by atoms with E-state index in [0.29, 0.717) is 6.54 Å². The summed E-state index contributed by atoms with van der Waals surface area (Å²) in [5.41, 5.74) is 0. The molecule has 2 heterocycles. The smallest absolute Gasteiger partial charge is 0.194 e. The van der Waals surface area contributed by atoms with Gasteiger partial charge in [-0.3, -0.25) is 9.89 Å². The van der Waals surface area contributed by atoms with Crippen LogP contribution in [0.4, 0.5) is 0 Å². The normalized spacial score (nSPS) is 19.1. The minimum absolute atomic E-state index is 0. The fourth-order valence-electron chi connectivity index (χ4n) is 2.78. The zero-order valence-corrected chi connectivity index (χ0v) is 18.6. The molecule has 1 saturated heterocycles. The fourth-order valence-corrected chi connectivity index (χ4v) is 3.90. The first kappa shape index (κ1) is 21.6. The van der Waals surface area contributed by atoms with E-state index >= 15 is 0 Å². The second-order valence-electron chi connectivity index (χ2n) is 6.72. The Balaban J connectivity index is 0.00000288. The Hall–Kier alpha value is -0.410. The summed E-state index contributed by atoms with van der Waals surface area (Å²) in [5.74, 6) is 3.12. The molecule has 0 spiro atoms. The van der Waals surface area contributed by atoms with Gasteiger partial charge in [-0.25, -0.2) is 0 Å². The van der Waals surface area contributed by atoms with Crippen molar-refractivity contribution in [2.24, 2.45) is 4.99 Å². The van der Waals surface area contributed by atoms with Crippen molar-refractivity contribution >= 4 is 41.7 Å². The lowest BCUT2D eigenvalue weighted by atomic mass is 10.2. The minimum atomic E-state index is 0. The number of guanidine groups is 1. The van der Waals surface area contributed by atoms with Gasteiger partial charge in [-0.05, 0) is 47.0 Å². The summed E-state index contributed by atoms with van der Waals surface area (Å²) in [6.07, 6.45) is 1.73. The van der Waals surface area contributed by atoms with Gasteiger partial charge in [0.2, 0.25) is 0 Å². The van der Waals surface area contributed by atoms with Crippen LogP contribution in [0.25, 0.3) is 0 Å². The highest BCUT2D eigenvalue weighted by Gasteiger charge is 2.29. The number of hydrogen-bond acceptors (Lipinski definition) is 4. The van der Waals surface area contributed by atoms with Crippen molar-refractivity contribution in [1.82, 2.24) is 15.1 Å². The summed E-state index contributed by atoms with van der Waals surface area (Å²) in [6.45, 7) is 10.4. The number of thioether (sulfide) groups is 1. The second kappa shape index (κ2) is 9.91. The average Bonchev–Trinajstić information content (AvgIpc) is 2.99. The zero-order valence-electron chi connectivity index (χ0n) is 15.4. The topological polar surface area (TPSA) is 44.0 Å². The Morgan fingerprint density at radius 2 is 2.25 bits per heavy atom. The lowest BCUT2D eigenvalue weighted by Gasteiger charge is -2.39. The molecule has 5 nitrogen and oxygen atoms in total. The molecule has 1 unspecified atom stereocenters. The molecule has 1 atom stereocenters. The maximum Gasteiger partial charge on any atom is 0.194 e. The van der Waals surface area contributed by atoms with Gasteiger partial charge in [0.25, 0.3) is 0 Å². The highest BCUT2D eigenvalue weighted by atomic mass is 127. The summed E-state index contributed by atoms with van der Waals surface area (Å²) >= 11 is 2.04. The predicted molar refractivity (Wildman–Crippen MR) is 115 cm³/mol. The number of hydrogen-bond donors (Lipinski definition) is 1. The number of rotatable bonds is 5. The molecule has 1 aromatic rings. The Morgan fingerprint density at radius 1 is 1.50 bits per heavy atom. The first-order valence-corrected chi connectivity index (χ1v) is 9.28. The van der Waals surface area contributed by atoms with Crippen LogP contribution in [0.1, 0.15) is 32.6 Å². The number of furan rings is 1. The highest BCUT2D eigenvalue weighted by molar-refractivity contribution is 14.0. The molecule has 1 aromatic heterocycles. The van der Waals surface area contributed by atoms with Crippen LogP contribution in [-0.2, 0) is 0 Å². The standard InChI is InChI=1S/C17H30N4OS.HI/c1-6-18-16(21-9-11-23-17(2,3)13-21)19-12-14(20(4)5)15-8-7-10-22-15;/h7-8,10,14H,6,9,11-13H2,1-5H3,(H,18,19);1H. The van der Waals surface area contributed by atoms with Crippen molar-refractivity contribution < 1.29 is 4.42 Å². The molecule has 7 heteroatoms. The Morgan fingerprint density at radius 3 is 2.79 bits per heavy atom. The summed E-state index contributed by atoms with van der Waals surface area (Å²) in [5, 5.41) is 3.45. The van der Waals surface area contributed by atoms with Gasteiger partial charge in [0, 0.05) is 30.1 Å². The maximum atomic E-state index is 5.58. The lowest BCUT2D eigenvalue weighted by Crippen LogP contribution is -2.51. The van der Waals surface area contributed by atoms with Gasteiger partial charge in [-0.1, -0.05) is 0 Å². The second-order valence-corrected chi connectivity index (χ2v) is 8.52. The monoisotopic (exact) mass is 466 g/mol. The summed E-state index contributed by atoms with van der Waals surface area (Å²) in [7, 11) is 4.13. The van der Waals surface area contributed by atoms with Gasteiger partial charge >= 0.3 is 0 Å². The van der Waals surface area contributed by atoms with Crippen molar-refractivity contribution in [3.8, 4) is 0 Å². The molecule has 0 saturated carbocycles. The van der Waals surface area contributed by atoms with Gasteiger partial charge in [0.15, 0.2) is 5.96 Å². The molecule has 138 valence electrons. The Kier molecular flexibility index (Phi) is 8.94. The van der Waals surface area contributed by atoms with Crippen molar-refractivity contribution in [3.63, 3.8) is 0 Å². The van der Waals surface area contributed by atoms with Crippen molar-refractivity contribution in [2.75, 3.05) is 46.0 Å². The van der Waals surface area contributed by atoms with Crippen LogP contribution in [0, 0.1) is 0 Å². The van der Waals surface area contributed by atoms with Gasteiger partial charge < -0.3 is 14.6 Å². The molecule has 1 aliphatic rings. The molecular formula is C17H31IN4OS. The Bertz CT molecular complexity index is 505. The van der Waals surface area contributed by atoms with Crippen LogP contribution in [0.5, 0.6) is 0 Å². The summed E-state index contributed by atoms with van der Waals surface area (Å²) in [6, 6.07) is 4.12. The fraction of sp³-hybridized carbons (Fsp3) is 0.706. The first-order valence-electron chi connectivity index (χ1n) is 8.30. The van der Waals surface area contributed by atoms with Crippen LogP contribution in [0.3, 0.4) is 0 Å². The molecule has 0 bridgehead atoms. The maximum absolute atomic E-state index is 5.58. The number of likely N-dealkylation sites (N-methyl/N-ethyl adjacent to an activating group) is 1. The number of halogens is 1. The summed E-state index contributed by atoms with van der Waals surface area (Å²) < 4.78 is 5.85. The van der Waals surface area contributed by atoms with E-state index in [9.17, 15) is 0 Å². The van der Waals surface area contributed by atoms with Crippen LogP contribution >= 0.6 is 35.7 Å².